The van der Waals surface area contributed by atoms with Gasteiger partial charge >= 0.3 is 0 Å². The van der Waals surface area contributed by atoms with Gasteiger partial charge in [0.05, 0.1) is 44.5 Å². The van der Waals surface area contributed by atoms with E-state index in [0.717, 1.165) is 0 Å². The van der Waals surface area contributed by atoms with E-state index in [9.17, 15) is 0 Å². The molecule has 131 valence electrons. The van der Waals surface area contributed by atoms with Crippen molar-refractivity contribution < 1.29 is 0 Å². The number of nitrogens with zero attached hydrogens (tertiary/aromatic N) is 6. The third-order valence-corrected chi connectivity index (χ3v) is 4.51. The number of hydrogen-bond donors (Lipinski definition) is 1. The average Bonchev–Trinajstić information content (AvgIpc) is 3.10. The summed E-state index contributed by atoms with van der Waals surface area (Å²) < 4.78 is 1.50. The summed E-state index contributed by atoms with van der Waals surface area (Å²) in [5, 5.41) is 18.2. The summed E-state index contributed by atoms with van der Waals surface area (Å²) in [6.45, 7) is 0. The number of halogens is 3. The van der Waals surface area contributed by atoms with Gasteiger partial charge in [-0.05, 0) is 12.1 Å². The lowest BCUT2D eigenvalue weighted by atomic mass is 10.2. The Morgan fingerprint density at radius 1 is 1.11 bits per heavy atom. The summed E-state index contributed by atoms with van der Waals surface area (Å²) in [6.07, 6.45) is 7.23. The van der Waals surface area contributed by atoms with Crippen LogP contribution in [0.2, 0.25) is 15.1 Å². The quantitative estimate of drug-likeness (QED) is 0.526. The van der Waals surface area contributed by atoms with Gasteiger partial charge in [-0.15, -0.1) is 0 Å². The third-order valence-electron chi connectivity index (χ3n) is 3.65. The molecule has 0 bridgehead atoms. The highest BCUT2D eigenvalue weighted by Gasteiger charge is 2.16. The van der Waals surface area contributed by atoms with E-state index in [1.807, 2.05) is 6.07 Å². The van der Waals surface area contributed by atoms with Crippen molar-refractivity contribution in [1.29, 1.82) is 5.26 Å². The number of fused-ring (bicyclic) bond motifs is 1. The first-order chi connectivity index (χ1) is 13.1. The molecule has 0 saturated heterocycles. The van der Waals surface area contributed by atoms with Crippen molar-refractivity contribution in [3.8, 4) is 11.8 Å². The highest BCUT2D eigenvalue weighted by molar-refractivity contribution is 6.38. The Labute approximate surface area is 168 Å². The maximum absolute atomic E-state index is 9.04. The molecule has 0 fully saturated rings. The van der Waals surface area contributed by atoms with Gasteiger partial charge in [0.25, 0.3) is 0 Å². The molecule has 0 aliphatic carbocycles. The average molecular weight is 416 g/mol. The Kier molecular flexibility index (Phi) is 4.54. The lowest BCUT2D eigenvalue weighted by Gasteiger charge is -2.07. The van der Waals surface area contributed by atoms with Crippen LogP contribution in [0.5, 0.6) is 0 Å². The number of aromatic nitrogens is 5. The van der Waals surface area contributed by atoms with Crippen LogP contribution in [0, 0.1) is 17.5 Å². The maximum atomic E-state index is 9.04. The molecule has 4 rings (SSSR count). The van der Waals surface area contributed by atoms with Gasteiger partial charge in [0, 0.05) is 12.3 Å². The highest BCUT2D eigenvalue weighted by Crippen LogP contribution is 2.34. The Hall–Kier alpha value is -2.92. The highest BCUT2D eigenvalue weighted by atomic mass is 35.5. The molecule has 0 amide bonds. The van der Waals surface area contributed by atoms with Crippen LogP contribution in [-0.2, 0) is 0 Å². The minimum Gasteiger partial charge on any atom is -0.324 e. The van der Waals surface area contributed by atoms with Gasteiger partial charge in [-0.2, -0.15) is 10.4 Å². The Bertz CT molecular complexity index is 1180. The molecular formula is C17H7Cl3N7. The number of benzene rings is 1. The van der Waals surface area contributed by atoms with Crippen molar-refractivity contribution in [3.05, 3.63) is 63.7 Å². The number of hydrogen-bond acceptors (Lipinski definition) is 6. The molecule has 4 aromatic rings. The van der Waals surface area contributed by atoms with E-state index >= 15 is 0 Å². The maximum Gasteiger partial charge on any atom is 0.142 e. The number of nitrogens with one attached hydrogen (secondary N) is 1. The van der Waals surface area contributed by atoms with Gasteiger partial charge in [-0.3, -0.25) is 0 Å². The van der Waals surface area contributed by atoms with E-state index in [0.29, 0.717) is 38.8 Å². The molecule has 3 heterocycles. The molecule has 27 heavy (non-hydrogen) atoms. The zero-order chi connectivity index (χ0) is 19.0. The fraction of sp³-hybridized carbons (Fsp3) is 0. The molecule has 1 radical (unpaired) electrons. The van der Waals surface area contributed by atoms with Crippen molar-refractivity contribution >= 4 is 57.3 Å². The summed E-state index contributed by atoms with van der Waals surface area (Å²) in [5.74, 6) is 1.01. The zero-order valence-electron chi connectivity index (χ0n) is 13.3. The smallest absolute Gasteiger partial charge is 0.142 e. The molecule has 0 aliphatic rings. The first kappa shape index (κ1) is 17.5. The monoisotopic (exact) mass is 414 g/mol. The summed E-state index contributed by atoms with van der Waals surface area (Å²) >= 11 is 18.9. The second-order valence-corrected chi connectivity index (χ2v) is 6.57. The van der Waals surface area contributed by atoms with Crippen LogP contribution in [0.15, 0.2) is 36.9 Å². The minimum atomic E-state index is 0.288. The Balaban J connectivity index is 1.87. The summed E-state index contributed by atoms with van der Waals surface area (Å²) in [7, 11) is 0. The second-order valence-electron chi connectivity index (χ2n) is 5.35. The molecular weight excluding hydrogens is 409 g/mol. The topological polar surface area (TPSA) is 92.3 Å². The van der Waals surface area contributed by atoms with Crippen LogP contribution >= 0.6 is 34.8 Å². The zero-order valence-corrected chi connectivity index (χ0v) is 15.5. The number of rotatable bonds is 3. The molecule has 0 unspecified atom stereocenters. The van der Waals surface area contributed by atoms with Crippen LogP contribution in [0.25, 0.3) is 16.6 Å². The van der Waals surface area contributed by atoms with E-state index in [2.05, 4.69) is 31.6 Å². The van der Waals surface area contributed by atoms with Gasteiger partial charge < -0.3 is 5.32 Å². The lowest BCUT2D eigenvalue weighted by Crippen LogP contribution is -1.97. The molecule has 0 spiro atoms. The number of anilines is 2. The summed E-state index contributed by atoms with van der Waals surface area (Å²) in [6, 6.07) is 6.63. The third kappa shape index (κ3) is 3.26. The van der Waals surface area contributed by atoms with Gasteiger partial charge in [-0.25, -0.2) is 19.6 Å². The van der Waals surface area contributed by atoms with Crippen LogP contribution in [0.1, 0.15) is 5.56 Å². The largest absolute Gasteiger partial charge is 0.324 e. The van der Waals surface area contributed by atoms with Crippen molar-refractivity contribution in [2.75, 3.05) is 5.32 Å². The normalized spacial score (nSPS) is 10.7. The molecule has 1 N–H and O–H groups in total. The van der Waals surface area contributed by atoms with Gasteiger partial charge in [-0.1, -0.05) is 34.8 Å². The summed E-state index contributed by atoms with van der Waals surface area (Å²) in [4.78, 5) is 12.1. The van der Waals surface area contributed by atoms with Gasteiger partial charge in [0.15, 0.2) is 0 Å². The standard InChI is InChI=1S/C17H7Cl3N7/c18-11-3-9(5-21)4-12(19)16(11)27-7-10-15(26-27)13(20)6-23-17(10)25-14-1-2-22-8-24-14/h1,3-4,6-8H,(H,22,23,24,25). The number of pyridine rings is 1. The molecule has 0 atom stereocenters. The van der Waals surface area contributed by atoms with Gasteiger partial charge in [0.1, 0.15) is 29.2 Å². The summed E-state index contributed by atoms with van der Waals surface area (Å²) in [5.41, 5.74) is 1.29. The fourth-order valence-corrected chi connectivity index (χ4v) is 3.34. The van der Waals surface area contributed by atoms with Crippen molar-refractivity contribution in [2.24, 2.45) is 0 Å². The molecule has 7 nitrogen and oxygen atoms in total. The molecule has 3 aromatic heterocycles. The number of nitriles is 1. The van der Waals surface area contributed by atoms with Crippen molar-refractivity contribution in [1.82, 2.24) is 24.7 Å². The van der Waals surface area contributed by atoms with Crippen molar-refractivity contribution in [3.63, 3.8) is 0 Å². The van der Waals surface area contributed by atoms with E-state index in [4.69, 9.17) is 40.1 Å². The SMILES string of the molecule is N#Cc1cc(Cl)c(-n2cc3c(Nc4c[c]ncn4)ncc(Cl)c3n2)c(Cl)c1. The Morgan fingerprint density at radius 3 is 2.56 bits per heavy atom. The van der Waals surface area contributed by atoms with Crippen molar-refractivity contribution in [2.45, 2.75) is 0 Å². The first-order valence-corrected chi connectivity index (χ1v) is 8.58. The van der Waals surface area contributed by atoms with E-state index < -0.39 is 0 Å². The van der Waals surface area contributed by atoms with Crippen LogP contribution in [-0.4, -0.2) is 24.7 Å². The van der Waals surface area contributed by atoms with Gasteiger partial charge in [0.2, 0.25) is 0 Å². The van der Waals surface area contributed by atoms with Crippen LogP contribution in [0.4, 0.5) is 11.6 Å². The fourth-order valence-electron chi connectivity index (χ4n) is 2.49. The second kappa shape index (κ2) is 7.00. The minimum absolute atomic E-state index is 0.288. The van der Waals surface area contributed by atoms with E-state index in [1.54, 1.807) is 12.3 Å². The van der Waals surface area contributed by atoms with E-state index in [1.165, 1.54) is 29.3 Å². The molecule has 0 aliphatic heterocycles. The van der Waals surface area contributed by atoms with E-state index in [-0.39, 0.29) is 10.0 Å². The lowest BCUT2D eigenvalue weighted by molar-refractivity contribution is 0.896. The Morgan fingerprint density at radius 2 is 1.89 bits per heavy atom. The molecule has 10 heteroatoms. The first-order valence-electron chi connectivity index (χ1n) is 7.45. The predicted octanol–water partition coefficient (Wildman–Crippen LogP) is 4.59. The molecule has 0 saturated carbocycles. The predicted molar refractivity (Wildman–Crippen MR) is 103 cm³/mol. The molecule has 1 aromatic carbocycles. The van der Waals surface area contributed by atoms with Crippen LogP contribution in [0.3, 0.4) is 0 Å². The van der Waals surface area contributed by atoms with Crippen LogP contribution < -0.4 is 5.32 Å².